The SMILES string of the molecule is CCCCCCc1cc(CCCC)cc(C2=CC(CCCC)=C(c3cc(CCCC)cc(CCCCCC)c3)[N+]2=[N-])c1. The fourth-order valence-electron chi connectivity index (χ4n) is 6.28. The smallest absolute Gasteiger partial charge is 0.210 e. The van der Waals surface area contributed by atoms with E-state index in [0.717, 1.165) is 56.3 Å². The zero-order chi connectivity index (χ0) is 30.2. The van der Waals surface area contributed by atoms with Gasteiger partial charge in [0.05, 0.1) is 0 Å². The number of hydrogen-bond donors (Lipinski definition) is 0. The summed E-state index contributed by atoms with van der Waals surface area (Å²) in [5.74, 6) is 0. The number of hydrogen-bond acceptors (Lipinski definition) is 0. The number of rotatable bonds is 21. The fourth-order valence-corrected chi connectivity index (χ4v) is 6.28. The number of unbranched alkanes of at least 4 members (excludes halogenated alkanes) is 9. The van der Waals surface area contributed by atoms with Gasteiger partial charge in [-0.2, -0.15) is 0 Å². The van der Waals surface area contributed by atoms with Gasteiger partial charge >= 0.3 is 0 Å². The molecular formula is C40H60N2. The second kappa shape index (κ2) is 18.9. The molecule has 0 saturated carbocycles. The largest absolute Gasteiger partial charge is 0.493 e. The summed E-state index contributed by atoms with van der Waals surface area (Å²) in [7, 11) is 0. The van der Waals surface area contributed by atoms with Crippen LogP contribution in [-0.4, -0.2) is 4.70 Å². The van der Waals surface area contributed by atoms with Crippen molar-refractivity contribution in [3.8, 4) is 0 Å². The van der Waals surface area contributed by atoms with E-state index in [2.05, 4.69) is 77.1 Å². The average Bonchev–Trinajstić information content (AvgIpc) is 3.33. The maximum atomic E-state index is 11.9. The molecule has 42 heavy (non-hydrogen) atoms. The molecule has 0 unspecified atom stereocenters. The Hall–Kier alpha value is -2.48. The summed E-state index contributed by atoms with van der Waals surface area (Å²) in [5.41, 5.74) is 23.2. The molecular weight excluding hydrogens is 508 g/mol. The summed E-state index contributed by atoms with van der Waals surface area (Å²) < 4.78 is 1.55. The lowest BCUT2D eigenvalue weighted by Gasteiger charge is -2.14. The van der Waals surface area contributed by atoms with E-state index in [1.54, 1.807) is 4.70 Å². The average molecular weight is 569 g/mol. The van der Waals surface area contributed by atoms with E-state index in [1.807, 2.05) is 0 Å². The zero-order valence-electron chi connectivity index (χ0n) is 27.9. The maximum Gasteiger partial charge on any atom is 0.210 e. The summed E-state index contributed by atoms with van der Waals surface area (Å²) >= 11 is 0. The Morgan fingerprint density at radius 3 is 1.31 bits per heavy atom. The van der Waals surface area contributed by atoms with Crippen LogP contribution in [0.2, 0.25) is 0 Å². The van der Waals surface area contributed by atoms with Crippen LogP contribution in [0.4, 0.5) is 0 Å². The predicted octanol–water partition coefficient (Wildman–Crippen LogP) is 12.6. The Kier molecular flexibility index (Phi) is 15.3. The van der Waals surface area contributed by atoms with E-state index in [9.17, 15) is 5.53 Å². The van der Waals surface area contributed by atoms with Crippen molar-refractivity contribution in [1.29, 1.82) is 0 Å². The zero-order valence-corrected chi connectivity index (χ0v) is 27.9. The molecule has 2 nitrogen and oxygen atoms in total. The van der Waals surface area contributed by atoms with Crippen molar-refractivity contribution in [2.75, 3.05) is 0 Å². The van der Waals surface area contributed by atoms with Crippen molar-refractivity contribution in [1.82, 2.24) is 0 Å². The van der Waals surface area contributed by atoms with Crippen LogP contribution in [0, 0.1) is 0 Å². The van der Waals surface area contributed by atoms with Crippen LogP contribution in [0.25, 0.3) is 16.9 Å². The third kappa shape index (κ3) is 10.4. The van der Waals surface area contributed by atoms with Crippen LogP contribution < -0.4 is 0 Å². The number of aryl methyl sites for hydroxylation is 4. The van der Waals surface area contributed by atoms with Gasteiger partial charge in [0, 0.05) is 22.8 Å². The van der Waals surface area contributed by atoms with Crippen LogP contribution in [-0.2, 0) is 25.7 Å². The Morgan fingerprint density at radius 1 is 0.452 bits per heavy atom. The van der Waals surface area contributed by atoms with Gasteiger partial charge in [-0.25, -0.2) is 4.70 Å². The van der Waals surface area contributed by atoms with Gasteiger partial charge in [-0.05, 0) is 111 Å². The number of allylic oxidation sites excluding steroid dienone is 2. The molecule has 0 fully saturated rings. The molecule has 0 saturated heterocycles. The van der Waals surface area contributed by atoms with E-state index in [0.29, 0.717) is 0 Å². The highest BCUT2D eigenvalue weighted by atomic mass is 15.2. The molecule has 0 amide bonds. The number of nitrogens with zero attached hydrogens (tertiary/aromatic N) is 2. The summed E-state index contributed by atoms with van der Waals surface area (Å²) in [6.45, 7) is 11.4. The monoisotopic (exact) mass is 568 g/mol. The van der Waals surface area contributed by atoms with E-state index in [4.69, 9.17) is 0 Å². The third-order valence-electron chi connectivity index (χ3n) is 8.81. The maximum absolute atomic E-state index is 11.9. The summed E-state index contributed by atoms with van der Waals surface area (Å²) in [4.78, 5) is 0. The summed E-state index contributed by atoms with van der Waals surface area (Å²) in [5, 5.41) is 0. The van der Waals surface area contributed by atoms with E-state index < -0.39 is 0 Å². The van der Waals surface area contributed by atoms with Gasteiger partial charge in [0.25, 0.3) is 0 Å². The first-order chi connectivity index (χ1) is 20.5. The molecule has 2 aromatic rings. The van der Waals surface area contributed by atoms with Crippen molar-refractivity contribution in [2.45, 2.75) is 157 Å². The Balaban J connectivity index is 1.99. The van der Waals surface area contributed by atoms with E-state index in [-0.39, 0.29) is 0 Å². The van der Waals surface area contributed by atoms with Crippen LogP contribution >= 0.6 is 0 Å². The molecule has 0 radical (unpaired) electrons. The Morgan fingerprint density at radius 2 is 0.857 bits per heavy atom. The Bertz CT molecular complexity index is 1180. The topological polar surface area (TPSA) is 25.3 Å². The first-order valence-corrected chi connectivity index (χ1v) is 17.7. The van der Waals surface area contributed by atoms with Gasteiger partial charge < -0.3 is 5.53 Å². The third-order valence-corrected chi connectivity index (χ3v) is 8.81. The standard InChI is InChI=1S/C40H60N2/c1-6-11-16-18-22-34-25-32(20-13-8-3)27-37(28-34)39-31-36(24-15-10-5)40(42(39)41)38-29-33(21-14-9-4)26-35(30-38)23-19-17-12-7-2/h25-31H,6-24H2,1-5H3. The van der Waals surface area contributed by atoms with Crippen LogP contribution in [0.3, 0.4) is 0 Å². The minimum atomic E-state index is 0.952. The lowest BCUT2D eigenvalue weighted by Crippen LogP contribution is -2.05. The first-order valence-electron chi connectivity index (χ1n) is 17.7. The second-order valence-electron chi connectivity index (χ2n) is 12.7. The molecule has 1 aliphatic heterocycles. The first kappa shape index (κ1) is 34.0. The molecule has 0 spiro atoms. The lowest BCUT2D eigenvalue weighted by molar-refractivity contribution is -0.344. The van der Waals surface area contributed by atoms with E-state index in [1.165, 1.54) is 116 Å². The van der Waals surface area contributed by atoms with Crippen molar-refractivity contribution >= 4 is 11.4 Å². The predicted molar refractivity (Wildman–Crippen MR) is 184 cm³/mol. The minimum Gasteiger partial charge on any atom is -0.493 e. The van der Waals surface area contributed by atoms with Crippen molar-refractivity contribution in [3.63, 3.8) is 0 Å². The molecule has 0 aromatic heterocycles. The van der Waals surface area contributed by atoms with Gasteiger partial charge in [-0.3, -0.25) is 0 Å². The van der Waals surface area contributed by atoms with Gasteiger partial charge in [0.1, 0.15) is 0 Å². The van der Waals surface area contributed by atoms with Crippen molar-refractivity contribution < 1.29 is 4.70 Å². The van der Waals surface area contributed by atoms with Crippen LogP contribution in [0.1, 0.15) is 164 Å². The van der Waals surface area contributed by atoms with Crippen molar-refractivity contribution in [3.05, 3.63) is 87.0 Å². The molecule has 1 heterocycles. The molecule has 0 atom stereocenters. The highest BCUT2D eigenvalue weighted by Gasteiger charge is 2.29. The van der Waals surface area contributed by atoms with E-state index >= 15 is 0 Å². The quantitative estimate of drug-likeness (QED) is 0.106. The van der Waals surface area contributed by atoms with Crippen molar-refractivity contribution in [2.24, 2.45) is 0 Å². The van der Waals surface area contributed by atoms with Gasteiger partial charge in [0.2, 0.25) is 11.4 Å². The Labute approximate surface area is 259 Å². The van der Waals surface area contributed by atoms with Gasteiger partial charge in [0.15, 0.2) is 0 Å². The fraction of sp³-hybridized carbons (Fsp3) is 0.600. The second-order valence-corrected chi connectivity index (χ2v) is 12.7. The summed E-state index contributed by atoms with van der Waals surface area (Å²) in [6, 6.07) is 14.3. The molecule has 0 aliphatic carbocycles. The molecule has 3 rings (SSSR count). The normalized spacial score (nSPS) is 13.4. The molecule has 0 N–H and O–H groups in total. The minimum absolute atomic E-state index is 0.952. The van der Waals surface area contributed by atoms with Gasteiger partial charge in [-0.15, -0.1) is 0 Å². The molecule has 2 heteroatoms. The molecule has 230 valence electrons. The van der Waals surface area contributed by atoms with Crippen LogP contribution in [0.5, 0.6) is 0 Å². The molecule has 0 bridgehead atoms. The molecule has 2 aromatic carbocycles. The lowest BCUT2D eigenvalue weighted by atomic mass is 9.95. The van der Waals surface area contributed by atoms with Gasteiger partial charge in [-0.1, -0.05) is 105 Å². The highest BCUT2D eigenvalue weighted by molar-refractivity contribution is 5.79. The highest BCUT2D eigenvalue weighted by Crippen LogP contribution is 2.39. The number of benzene rings is 2. The van der Waals surface area contributed by atoms with Crippen LogP contribution in [0.15, 0.2) is 48.0 Å². The summed E-state index contributed by atoms with van der Waals surface area (Å²) in [6.07, 6.45) is 25.1. The molecule has 1 aliphatic rings.